The van der Waals surface area contributed by atoms with Crippen LogP contribution < -0.4 is 0 Å². The van der Waals surface area contributed by atoms with E-state index < -0.39 is 0 Å². The van der Waals surface area contributed by atoms with Crippen LogP contribution in [0.25, 0.3) is 11.3 Å². The highest BCUT2D eigenvalue weighted by Gasteiger charge is 2.08. The lowest BCUT2D eigenvalue weighted by molar-refractivity contribution is 0.426. The van der Waals surface area contributed by atoms with Crippen LogP contribution in [0.2, 0.25) is 0 Å². The van der Waals surface area contributed by atoms with Crippen LogP contribution in [-0.2, 0) is 12.8 Å². The van der Waals surface area contributed by atoms with E-state index in [-0.39, 0.29) is 0 Å². The van der Waals surface area contributed by atoms with E-state index in [2.05, 4.69) is 10.1 Å². The number of hydrogen-bond donors (Lipinski definition) is 0. The van der Waals surface area contributed by atoms with Gasteiger partial charge in [-0.05, 0) is 0 Å². The number of rotatable bonds is 4. The van der Waals surface area contributed by atoms with E-state index in [0.29, 0.717) is 0 Å². The van der Waals surface area contributed by atoms with Crippen molar-refractivity contribution in [2.45, 2.75) is 10.9 Å². The summed E-state index contributed by atoms with van der Waals surface area (Å²) < 4.78 is 7.35. The summed E-state index contributed by atoms with van der Waals surface area (Å²) in [5, 5.41) is 5.06. The standard InChI is InChI=1S/C14H13N3OS/c1-17-8-7-15-14(17)19-10-12-9-13(18-16-12)11-5-3-2-4-6-11/h2-9H,10H2,1H3. The molecule has 0 fully saturated rings. The molecule has 0 unspecified atom stereocenters. The molecule has 0 atom stereocenters. The molecule has 5 heteroatoms. The van der Waals surface area contributed by atoms with Gasteiger partial charge in [-0.15, -0.1) is 0 Å². The number of benzene rings is 1. The van der Waals surface area contributed by atoms with Gasteiger partial charge in [0, 0.05) is 36.8 Å². The fourth-order valence-electron chi connectivity index (χ4n) is 1.75. The predicted octanol–water partition coefficient (Wildman–Crippen LogP) is 3.37. The molecule has 19 heavy (non-hydrogen) atoms. The second-order valence-corrected chi connectivity index (χ2v) is 5.10. The zero-order chi connectivity index (χ0) is 13.1. The first-order chi connectivity index (χ1) is 9.33. The molecule has 0 amide bonds. The first-order valence-corrected chi connectivity index (χ1v) is 6.92. The quantitative estimate of drug-likeness (QED) is 0.682. The van der Waals surface area contributed by atoms with Gasteiger partial charge in [-0.25, -0.2) is 4.98 Å². The van der Waals surface area contributed by atoms with Gasteiger partial charge in [0.15, 0.2) is 10.9 Å². The minimum atomic E-state index is 0.751. The van der Waals surface area contributed by atoms with Gasteiger partial charge < -0.3 is 9.09 Å². The first-order valence-electron chi connectivity index (χ1n) is 5.94. The smallest absolute Gasteiger partial charge is 0.168 e. The second-order valence-electron chi connectivity index (χ2n) is 4.16. The Kier molecular flexibility index (Phi) is 3.37. The summed E-state index contributed by atoms with van der Waals surface area (Å²) in [6.07, 6.45) is 3.72. The predicted molar refractivity (Wildman–Crippen MR) is 74.7 cm³/mol. The van der Waals surface area contributed by atoms with Gasteiger partial charge in [0.1, 0.15) is 0 Å². The summed E-state index contributed by atoms with van der Waals surface area (Å²) in [6, 6.07) is 12.0. The fraction of sp³-hybridized carbons (Fsp3) is 0.143. The molecule has 1 aromatic carbocycles. The molecule has 0 N–H and O–H groups in total. The minimum absolute atomic E-state index is 0.751. The SMILES string of the molecule is Cn1ccnc1SCc1cc(-c2ccccc2)on1. The highest BCUT2D eigenvalue weighted by atomic mass is 32.2. The number of hydrogen-bond acceptors (Lipinski definition) is 4. The summed E-state index contributed by atoms with van der Waals surface area (Å²) in [6.45, 7) is 0. The van der Waals surface area contributed by atoms with Gasteiger partial charge in [-0.1, -0.05) is 47.3 Å². The largest absolute Gasteiger partial charge is 0.356 e. The third kappa shape index (κ3) is 2.71. The molecule has 2 heterocycles. The van der Waals surface area contributed by atoms with Gasteiger partial charge in [0.05, 0.1) is 5.69 Å². The summed E-state index contributed by atoms with van der Waals surface area (Å²) in [7, 11) is 1.98. The van der Waals surface area contributed by atoms with Crippen molar-refractivity contribution in [1.82, 2.24) is 14.7 Å². The third-order valence-corrected chi connectivity index (χ3v) is 3.84. The highest BCUT2D eigenvalue weighted by Crippen LogP contribution is 2.24. The fourth-order valence-corrected chi connectivity index (χ4v) is 2.56. The van der Waals surface area contributed by atoms with Crippen LogP contribution >= 0.6 is 11.8 Å². The highest BCUT2D eigenvalue weighted by molar-refractivity contribution is 7.98. The molecule has 0 bridgehead atoms. The maximum absolute atomic E-state index is 5.36. The molecule has 0 aliphatic heterocycles. The van der Waals surface area contributed by atoms with E-state index >= 15 is 0 Å². The van der Waals surface area contributed by atoms with Crippen LogP contribution in [0.4, 0.5) is 0 Å². The van der Waals surface area contributed by atoms with E-state index in [4.69, 9.17) is 4.52 Å². The Morgan fingerprint density at radius 2 is 2.11 bits per heavy atom. The van der Waals surface area contributed by atoms with Crippen molar-refractivity contribution in [2.75, 3.05) is 0 Å². The van der Waals surface area contributed by atoms with Gasteiger partial charge in [0.2, 0.25) is 0 Å². The molecule has 3 rings (SSSR count). The van der Waals surface area contributed by atoms with Gasteiger partial charge in [0.25, 0.3) is 0 Å². The Labute approximate surface area is 115 Å². The molecular formula is C14H13N3OS. The topological polar surface area (TPSA) is 43.9 Å². The van der Waals surface area contributed by atoms with Crippen LogP contribution in [-0.4, -0.2) is 14.7 Å². The molecule has 0 saturated heterocycles. The summed E-state index contributed by atoms with van der Waals surface area (Å²) >= 11 is 1.64. The minimum Gasteiger partial charge on any atom is -0.356 e. The lowest BCUT2D eigenvalue weighted by Crippen LogP contribution is -1.89. The zero-order valence-corrected chi connectivity index (χ0v) is 11.3. The number of thioether (sulfide) groups is 1. The zero-order valence-electron chi connectivity index (χ0n) is 10.5. The molecule has 0 saturated carbocycles. The lowest BCUT2D eigenvalue weighted by Gasteiger charge is -1.97. The van der Waals surface area contributed by atoms with Crippen molar-refractivity contribution in [3.05, 3.63) is 54.5 Å². The Bertz CT molecular complexity index is 660. The number of nitrogens with zero attached hydrogens (tertiary/aromatic N) is 3. The van der Waals surface area contributed by atoms with Crippen LogP contribution in [0, 0.1) is 0 Å². The first kappa shape index (κ1) is 12.0. The molecule has 0 spiro atoms. The molecule has 4 nitrogen and oxygen atoms in total. The van der Waals surface area contributed by atoms with Crippen molar-refractivity contribution in [2.24, 2.45) is 7.05 Å². The number of imidazole rings is 1. The second kappa shape index (κ2) is 5.32. The summed E-state index contributed by atoms with van der Waals surface area (Å²) in [4.78, 5) is 4.26. The average Bonchev–Trinajstić information content (AvgIpc) is 3.06. The summed E-state index contributed by atoms with van der Waals surface area (Å²) in [5.74, 6) is 1.55. The lowest BCUT2D eigenvalue weighted by atomic mass is 10.2. The Morgan fingerprint density at radius 1 is 1.26 bits per heavy atom. The van der Waals surface area contributed by atoms with Crippen molar-refractivity contribution < 1.29 is 4.52 Å². The molecule has 3 aromatic rings. The maximum atomic E-state index is 5.36. The van der Waals surface area contributed by atoms with E-state index in [1.54, 1.807) is 18.0 Å². The van der Waals surface area contributed by atoms with Crippen molar-refractivity contribution in [3.8, 4) is 11.3 Å². The maximum Gasteiger partial charge on any atom is 0.168 e. The van der Waals surface area contributed by atoms with Gasteiger partial charge in [-0.3, -0.25) is 0 Å². The number of aromatic nitrogens is 3. The molecule has 0 radical (unpaired) electrons. The van der Waals surface area contributed by atoms with Crippen LogP contribution in [0.1, 0.15) is 5.69 Å². The molecule has 0 aliphatic rings. The van der Waals surface area contributed by atoms with Gasteiger partial charge >= 0.3 is 0 Å². The monoisotopic (exact) mass is 271 g/mol. The Balaban J connectivity index is 1.70. The summed E-state index contributed by atoms with van der Waals surface area (Å²) in [5.41, 5.74) is 1.97. The van der Waals surface area contributed by atoms with Crippen molar-refractivity contribution >= 4 is 11.8 Å². The van der Waals surface area contributed by atoms with Crippen molar-refractivity contribution in [3.63, 3.8) is 0 Å². The average molecular weight is 271 g/mol. The van der Waals surface area contributed by atoms with Crippen LogP contribution in [0.3, 0.4) is 0 Å². The third-order valence-electron chi connectivity index (χ3n) is 2.74. The van der Waals surface area contributed by atoms with E-state index in [1.165, 1.54) is 0 Å². The van der Waals surface area contributed by atoms with Crippen LogP contribution in [0.15, 0.2) is 58.5 Å². The van der Waals surface area contributed by atoms with Gasteiger partial charge in [-0.2, -0.15) is 0 Å². The van der Waals surface area contributed by atoms with Crippen LogP contribution in [0.5, 0.6) is 0 Å². The normalized spacial score (nSPS) is 10.8. The Morgan fingerprint density at radius 3 is 2.84 bits per heavy atom. The van der Waals surface area contributed by atoms with E-state index in [1.807, 2.05) is 54.2 Å². The Hall–Kier alpha value is -2.01. The van der Waals surface area contributed by atoms with E-state index in [9.17, 15) is 0 Å². The van der Waals surface area contributed by atoms with Crippen molar-refractivity contribution in [1.29, 1.82) is 0 Å². The number of aryl methyl sites for hydroxylation is 1. The molecule has 0 aliphatic carbocycles. The molecule has 96 valence electrons. The van der Waals surface area contributed by atoms with E-state index in [0.717, 1.165) is 27.9 Å². The molecular weight excluding hydrogens is 258 g/mol. The molecule has 2 aromatic heterocycles.